The number of hydrogen-bond donors (Lipinski definition) is 2. The lowest BCUT2D eigenvalue weighted by Gasteiger charge is -2.27. The fraction of sp³-hybridized carbons (Fsp3) is 0.333. The molecule has 4 nitrogen and oxygen atoms in total. The average Bonchev–Trinajstić information content (AvgIpc) is 2.31. The summed E-state index contributed by atoms with van der Waals surface area (Å²) >= 11 is 1.06. The first-order valence-corrected chi connectivity index (χ1v) is 6.22. The lowest BCUT2D eigenvalue weighted by Crippen LogP contribution is -2.33. The molecule has 92 valence electrons. The van der Waals surface area contributed by atoms with Gasteiger partial charge >= 0.3 is 5.97 Å². The Morgan fingerprint density at radius 2 is 1.94 bits per heavy atom. The van der Waals surface area contributed by atoms with Crippen LogP contribution in [0.2, 0.25) is 0 Å². The van der Waals surface area contributed by atoms with Crippen LogP contribution in [0, 0.1) is 0 Å². The van der Waals surface area contributed by atoms with E-state index in [9.17, 15) is 14.7 Å². The Morgan fingerprint density at radius 3 is 2.35 bits per heavy atom. The van der Waals surface area contributed by atoms with Crippen molar-refractivity contribution in [3.63, 3.8) is 0 Å². The molecule has 0 saturated heterocycles. The van der Waals surface area contributed by atoms with Crippen molar-refractivity contribution < 1.29 is 14.7 Å². The molecule has 1 rings (SSSR count). The molecule has 1 aromatic rings. The molecule has 0 aromatic heterocycles. The van der Waals surface area contributed by atoms with Gasteiger partial charge in [0, 0.05) is 0 Å². The van der Waals surface area contributed by atoms with Crippen LogP contribution < -0.4 is 5.73 Å². The molecule has 0 spiro atoms. The third-order valence-electron chi connectivity index (χ3n) is 2.54. The zero-order valence-electron chi connectivity index (χ0n) is 9.55. The van der Waals surface area contributed by atoms with Gasteiger partial charge in [0.25, 0.3) is 0 Å². The number of rotatable bonds is 6. The van der Waals surface area contributed by atoms with E-state index in [2.05, 4.69) is 0 Å². The number of thioether (sulfide) groups is 1. The Hall–Kier alpha value is -1.49. The summed E-state index contributed by atoms with van der Waals surface area (Å²) in [6.45, 7) is 1.79. The zero-order valence-corrected chi connectivity index (χ0v) is 10.4. The second-order valence-electron chi connectivity index (χ2n) is 3.61. The minimum absolute atomic E-state index is 0.00493. The highest BCUT2D eigenvalue weighted by Gasteiger charge is 2.39. The van der Waals surface area contributed by atoms with Crippen LogP contribution in [0.1, 0.15) is 18.9 Å². The number of benzene rings is 1. The first-order chi connectivity index (χ1) is 8.03. The Labute approximate surface area is 104 Å². The molecule has 0 aliphatic rings. The van der Waals surface area contributed by atoms with E-state index < -0.39 is 16.6 Å². The van der Waals surface area contributed by atoms with E-state index in [4.69, 9.17) is 5.73 Å². The van der Waals surface area contributed by atoms with E-state index in [0.717, 1.165) is 11.8 Å². The van der Waals surface area contributed by atoms with Gasteiger partial charge in [-0.2, -0.15) is 0 Å². The van der Waals surface area contributed by atoms with Gasteiger partial charge in [-0.05, 0) is 12.0 Å². The highest BCUT2D eigenvalue weighted by molar-refractivity contribution is 8.01. The molecule has 0 saturated carbocycles. The minimum Gasteiger partial charge on any atom is -0.480 e. The van der Waals surface area contributed by atoms with Crippen LogP contribution >= 0.6 is 11.8 Å². The second-order valence-corrected chi connectivity index (χ2v) is 4.88. The molecule has 0 fully saturated rings. The molecular formula is C12H15NO3S. The molecule has 0 heterocycles. The third kappa shape index (κ3) is 3.00. The summed E-state index contributed by atoms with van der Waals surface area (Å²) in [4.78, 5) is 22.3. The summed E-state index contributed by atoms with van der Waals surface area (Å²) in [5.41, 5.74) is 5.76. The van der Waals surface area contributed by atoms with Crippen molar-refractivity contribution in [1.29, 1.82) is 0 Å². The van der Waals surface area contributed by atoms with Gasteiger partial charge in [-0.15, -0.1) is 11.8 Å². The lowest BCUT2D eigenvalue weighted by atomic mass is 9.95. The van der Waals surface area contributed by atoms with Gasteiger partial charge in [0.1, 0.15) is 4.75 Å². The second kappa shape index (κ2) is 5.72. The number of aliphatic carboxylic acids is 1. The number of hydrogen-bond acceptors (Lipinski definition) is 3. The number of amides is 1. The molecular weight excluding hydrogens is 238 g/mol. The number of primary amides is 1. The highest BCUT2D eigenvalue weighted by atomic mass is 32.2. The summed E-state index contributed by atoms with van der Waals surface area (Å²) in [7, 11) is 0. The first kappa shape index (κ1) is 13.6. The van der Waals surface area contributed by atoms with Gasteiger partial charge < -0.3 is 10.8 Å². The van der Waals surface area contributed by atoms with Crippen molar-refractivity contribution in [3.05, 3.63) is 35.9 Å². The Morgan fingerprint density at radius 1 is 1.35 bits per heavy atom. The van der Waals surface area contributed by atoms with Crippen LogP contribution in [0.5, 0.6) is 0 Å². The molecule has 0 unspecified atom stereocenters. The first-order valence-electron chi connectivity index (χ1n) is 5.24. The van der Waals surface area contributed by atoms with Crippen molar-refractivity contribution in [1.82, 2.24) is 0 Å². The number of nitrogens with two attached hydrogens (primary N) is 1. The van der Waals surface area contributed by atoms with E-state index in [1.54, 1.807) is 31.2 Å². The van der Waals surface area contributed by atoms with E-state index in [0.29, 0.717) is 12.0 Å². The van der Waals surface area contributed by atoms with Crippen molar-refractivity contribution >= 4 is 23.6 Å². The fourth-order valence-corrected chi connectivity index (χ4v) is 2.65. The van der Waals surface area contributed by atoms with Crippen molar-refractivity contribution in [2.45, 2.75) is 18.1 Å². The molecule has 0 radical (unpaired) electrons. The van der Waals surface area contributed by atoms with Gasteiger partial charge in [-0.25, -0.2) is 0 Å². The largest absolute Gasteiger partial charge is 0.480 e. The quantitative estimate of drug-likeness (QED) is 0.806. The lowest BCUT2D eigenvalue weighted by molar-refractivity contribution is -0.140. The van der Waals surface area contributed by atoms with Gasteiger partial charge in [0.2, 0.25) is 5.91 Å². The maximum absolute atomic E-state index is 11.5. The Kier molecular flexibility index (Phi) is 4.57. The predicted molar refractivity (Wildman–Crippen MR) is 67.7 cm³/mol. The molecule has 0 aliphatic carbocycles. The molecule has 0 bridgehead atoms. The maximum atomic E-state index is 11.5. The average molecular weight is 253 g/mol. The molecule has 17 heavy (non-hydrogen) atoms. The van der Waals surface area contributed by atoms with Gasteiger partial charge in [0.05, 0.1) is 5.75 Å². The van der Waals surface area contributed by atoms with Crippen LogP contribution in [-0.4, -0.2) is 22.7 Å². The van der Waals surface area contributed by atoms with E-state index >= 15 is 0 Å². The molecule has 5 heteroatoms. The SMILES string of the molecule is CC[C@@](SCC(N)=O)(C(=O)O)c1ccccc1. The smallest absolute Gasteiger partial charge is 0.324 e. The van der Waals surface area contributed by atoms with Crippen LogP contribution in [0.3, 0.4) is 0 Å². The normalized spacial score (nSPS) is 13.9. The Balaban J connectivity index is 3.09. The molecule has 1 atom stereocenters. The van der Waals surface area contributed by atoms with Crippen LogP contribution in [-0.2, 0) is 14.3 Å². The minimum atomic E-state index is -1.10. The molecule has 1 aromatic carbocycles. The molecule has 0 aliphatic heterocycles. The third-order valence-corrected chi connectivity index (χ3v) is 4.16. The highest BCUT2D eigenvalue weighted by Crippen LogP contribution is 2.39. The fourth-order valence-electron chi connectivity index (χ4n) is 1.63. The predicted octanol–water partition coefficient (Wildman–Crippen LogP) is 1.59. The number of carboxylic acids is 1. The number of carbonyl (C=O) groups excluding carboxylic acids is 1. The summed E-state index contributed by atoms with van der Waals surface area (Å²) < 4.78 is -1.10. The zero-order chi connectivity index (χ0) is 12.9. The van der Waals surface area contributed by atoms with Crippen LogP contribution in [0.15, 0.2) is 30.3 Å². The van der Waals surface area contributed by atoms with Crippen molar-refractivity contribution in [2.75, 3.05) is 5.75 Å². The van der Waals surface area contributed by atoms with Crippen molar-refractivity contribution in [3.8, 4) is 0 Å². The van der Waals surface area contributed by atoms with Gasteiger partial charge in [0.15, 0.2) is 0 Å². The van der Waals surface area contributed by atoms with Crippen molar-refractivity contribution in [2.24, 2.45) is 5.73 Å². The summed E-state index contributed by atoms with van der Waals surface area (Å²) in [6, 6.07) is 8.91. The van der Waals surface area contributed by atoms with Crippen LogP contribution in [0.4, 0.5) is 0 Å². The number of carbonyl (C=O) groups is 2. The summed E-state index contributed by atoms with van der Waals surface area (Å²) in [6.07, 6.45) is 0.393. The monoisotopic (exact) mass is 253 g/mol. The topological polar surface area (TPSA) is 80.4 Å². The molecule has 3 N–H and O–H groups in total. The van der Waals surface area contributed by atoms with E-state index in [-0.39, 0.29) is 5.75 Å². The summed E-state index contributed by atoms with van der Waals surface area (Å²) in [5, 5.41) is 9.42. The molecule has 1 amide bonds. The van der Waals surface area contributed by atoms with Gasteiger partial charge in [-0.3, -0.25) is 9.59 Å². The number of carboxylic acid groups (broad SMARTS) is 1. The Bertz CT molecular complexity index is 407. The van der Waals surface area contributed by atoms with E-state index in [1.807, 2.05) is 6.07 Å². The summed E-state index contributed by atoms with van der Waals surface area (Å²) in [5.74, 6) is -1.46. The van der Waals surface area contributed by atoms with Crippen LogP contribution in [0.25, 0.3) is 0 Å². The maximum Gasteiger partial charge on any atom is 0.324 e. The van der Waals surface area contributed by atoms with E-state index in [1.165, 1.54) is 0 Å². The van der Waals surface area contributed by atoms with Gasteiger partial charge in [-0.1, -0.05) is 37.3 Å². The standard InChI is InChI=1S/C12H15NO3S/c1-2-12(11(15)16,17-8-10(13)14)9-6-4-3-5-7-9/h3-7H,2,8H2,1H3,(H2,13,14)(H,15,16)/t12-/m0/s1.